The number of benzene rings is 2. The van der Waals surface area contributed by atoms with Gasteiger partial charge in [0, 0.05) is 18.8 Å². The summed E-state index contributed by atoms with van der Waals surface area (Å²) in [5.41, 5.74) is 5.03. The third-order valence-corrected chi connectivity index (χ3v) is 6.82. The maximum absolute atomic E-state index is 12.6. The first-order valence-corrected chi connectivity index (χ1v) is 12.0. The van der Waals surface area contributed by atoms with E-state index < -0.39 is 10.0 Å². The molecule has 0 radical (unpaired) electrons. The van der Waals surface area contributed by atoms with Crippen LogP contribution in [0, 0.1) is 0 Å². The molecule has 162 valence electrons. The summed E-state index contributed by atoms with van der Waals surface area (Å²) in [6.45, 7) is 9.23. The fourth-order valence-corrected chi connectivity index (χ4v) is 4.49. The number of urea groups is 1. The molecule has 1 aliphatic rings. The zero-order valence-electron chi connectivity index (χ0n) is 18.3. The van der Waals surface area contributed by atoms with Crippen LogP contribution in [0.4, 0.5) is 10.5 Å². The number of hydrogen-bond donors (Lipinski definition) is 2. The molecular formula is C23H31N3O3S. The maximum atomic E-state index is 12.6. The Balaban J connectivity index is 1.67. The van der Waals surface area contributed by atoms with Gasteiger partial charge in [0.15, 0.2) is 0 Å². The lowest BCUT2D eigenvalue weighted by molar-refractivity contribution is 0.249. The summed E-state index contributed by atoms with van der Waals surface area (Å²) in [5.74, 6) is 0. The highest BCUT2D eigenvalue weighted by molar-refractivity contribution is 7.88. The average molecular weight is 430 g/mol. The summed E-state index contributed by atoms with van der Waals surface area (Å²) in [7, 11) is -3.23. The SMILES string of the molecule is CC(NC(=O)Nc1cccc2c1CCN(S(C)(=O)=O)C2)c1ccc(C(C)(C)C)cc1. The highest BCUT2D eigenvalue weighted by Gasteiger charge is 2.25. The van der Waals surface area contributed by atoms with E-state index in [9.17, 15) is 13.2 Å². The van der Waals surface area contributed by atoms with E-state index in [1.54, 1.807) is 0 Å². The molecule has 1 heterocycles. The van der Waals surface area contributed by atoms with E-state index in [0.717, 1.165) is 22.4 Å². The van der Waals surface area contributed by atoms with Gasteiger partial charge in [-0.15, -0.1) is 0 Å². The number of rotatable bonds is 4. The van der Waals surface area contributed by atoms with E-state index in [4.69, 9.17) is 0 Å². The summed E-state index contributed by atoms with van der Waals surface area (Å²) in [5, 5.41) is 5.93. The van der Waals surface area contributed by atoms with Crippen LogP contribution in [0.2, 0.25) is 0 Å². The van der Waals surface area contributed by atoms with Gasteiger partial charge in [-0.25, -0.2) is 13.2 Å². The summed E-state index contributed by atoms with van der Waals surface area (Å²) in [6, 6.07) is 13.5. The topological polar surface area (TPSA) is 78.5 Å². The predicted octanol–water partition coefficient (Wildman–Crippen LogP) is 4.18. The first-order chi connectivity index (χ1) is 13.9. The molecule has 0 spiro atoms. The van der Waals surface area contributed by atoms with Crippen LogP contribution in [0.5, 0.6) is 0 Å². The second kappa shape index (κ2) is 8.40. The van der Waals surface area contributed by atoms with Crippen LogP contribution in [0.3, 0.4) is 0 Å². The zero-order chi connectivity index (χ0) is 22.1. The number of nitrogens with zero attached hydrogens (tertiary/aromatic N) is 1. The summed E-state index contributed by atoms with van der Waals surface area (Å²) in [4.78, 5) is 12.6. The van der Waals surface area contributed by atoms with Gasteiger partial charge in [0.2, 0.25) is 10.0 Å². The smallest absolute Gasteiger partial charge is 0.319 e. The zero-order valence-corrected chi connectivity index (χ0v) is 19.1. The molecule has 0 bridgehead atoms. The largest absolute Gasteiger partial charge is 0.331 e. The number of carbonyl (C=O) groups is 1. The first kappa shape index (κ1) is 22.3. The molecule has 3 rings (SSSR count). The van der Waals surface area contributed by atoms with Gasteiger partial charge in [0.1, 0.15) is 0 Å². The molecular weight excluding hydrogens is 398 g/mol. The van der Waals surface area contributed by atoms with Gasteiger partial charge in [0.25, 0.3) is 0 Å². The lowest BCUT2D eigenvalue weighted by atomic mass is 9.86. The maximum Gasteiger partial charge on any atom is 0.319 e. The van der Waals surface area contributed by atoms with Crippen LogP contribution in [-0.2, 0) is 28.4 Å². The summed E-state index contributed by atoms with van der Waals surface area (Å²) < 4.78 is 25.1. The normalized spacial score (nSPS) is 15.9. The van der Waals surface area contributed by atoms with Crippen LogP contribution in [0.15, 0.2) is 42.5 Å². The Morgan fingerprint density at radius 3 is 2.37 bits per heavy atom. The van der Waals surface area contributed by atoms with Gasteiger partial charge in [-0.1, -0.05) is 57.2 Å². The Bertz CT molecular complexity index is 1020. The van der Waals surface area contributed by atoms with Crippen molar-refractivity contribution < 1.29 is 13.2 Å². The molecule has 2 aromatic rings. The van der Waals surface area contributed by atoms with Gasteiger partial charge in [-0.2, -0.15) is 4.31 Å². The van der Waals surface area contributed by atoms with Crippen LogP contribution in [0.1, 0.15) is 56.0 Å². The standard InChI is InChI=1S/C23H31N3O3S/c1-16(17-9-11-19(12-10-17)23(2,3)4)24-22(27)25-21-8-6-7-18-15-26(30(5,28)29)14-13-20(18)21/h6-12,16H,13-15H2,1-5H3,(H2,24,25,27). The van der Waals surface area contributed by atoms with Crippen molar-refractivity contribution in [1.29, 1.82) is 0 Å². The molecule has 0 aromatic heterocycles. The number of anilines is 1. The van der Waals surface area contributed by atoms with Gasteiger partial charge in [0.05, 0.1) is 12.3 Å². The number of carbonyl (C=O) groups excluding carboxylic acids is 1. The fourth-order valence-electron chi connectivity index (χ4n) is 3.69. The van der Waals surface area contributed by atoms with Crippen molar-refractivity contribution in [3.63, 3.8) is 0 Å². The Morgan fingerprint density at radius 2 is 1.77 bits per heavy atom. The Morgan fingerprint density at radius 1 is 1.10 bits per heavy atom. The highest BCUT2D eigenvalue weighted by Crippen LogP contribution is 2.28. The van der Waals surface area contributed by atoms with Crippen molar-refractivity contribution in [2.75, 3.05) is 18.1 Å². The van der Waals surface area contributed by atoms with Crippen molar-refractivity contribution in [3.8, 4) is 0 Å². The molecule has 7 heteroatoms. The quantitative estimate of drug-likeness (QED) is 0.765. The number of hydrogen-bond acceptors (Lipinski definition) is 3. The van der Waals surface area contributed by atoms with E-state index >= 15 is 0 Å². The van der Waals surface area contributed by atoms with Gasteiger partial charge in [-0.05, 0) is 47.1 Å². The molecule has 1 unspecified atom stereocenters. The molecule has 2 N–H and O–H groups in total. The van der Waals surface area contributed by atoms with Crippen molar-refractivity contribution >= 4 is 21.7 Å². The predicted molar refractivity (Wildman–Crippen MR) is 121 cm³/mol. The van der Waals surface area contributed by atoms with Gasteiger partial charge < -0.3 is 10.6 Å². The van der Waals surface area contributed by atoms with E-state index in [0.29, 0.717) is 19.5 Å². The third kappa shape index (κ3) is 5.21. The summed E-state index contributed by atoms with van der Waals surface area (Å²) >= 11 is 0. The van der Waals surface area contributed by atoms with E-state index in [-0.39, 0.29) is 17.5 Å². The minimum Gasteiger partial charge on any atom is -0.331 e. The molecule has 2 amide bonds. The molecule has 1 atom stereocenters. The van der Waals surface area contributed by atoms with E-state index in [2.05, 4.69) is 55.7 Å². The van der Waals surface area contributed by atoms with Crippen molar-refractivity contribution in [1.82, 2.24) is 9.62 Å². The minimum absolute atomic E-state index is 0.0889. The Hall–Kier alpha value is -2.38. The van der Waals surface area contributed by atoms with Gasteiger partial charge >= 0.3 is 6.03 Å². The fraction of sp³-hybridized carbons (Fsp3) is 0.435. The van der Waals surface area contributed by atoms with Crippen LogP contribution < -0.4 is 10.6 Å². The number of nitrogens with one attached hydrogen (secondary N) is 2. The molecule has 0 aliphatic carbocycles. The average Bonchev–Trinajstić information content (AvgIpc) is 2.66. The number of fused-ring (bicyclic) bond motifs is 1. The minimum atomic E-state index is -3.23. The molecule has 2 aromatic carbocycles. The summed E-state index contributed by atoms with van der Waals surface area (Å²) in [6.07, 6.45) is 1.80. The second-order valence-corrected chi connectivity index (χ2v) is 11.0. The first-order valence-electron chi connectivity index (χ1n) is 10.2. The Labute approximate surface area is 179 Å². The van der Waals surface area contributed by atoms with Crippen LogP contribution in [0.25, 0.3) is 0 Å². The second-order valence-electron chi connectivity index (χ2n) is 8.98. The molecule has 6 nitrogen and oxygen atoms in total. The van der Waals surface area contributed by atoms with Crippen molar-refractivity contribution in [2.45, 2.75) is 52.1 Å². The van der Waals surface area contributed by atoms with Crippen molar-refractivity contribution in [2.24, 2.45) is 0 Å². The molecule has 1 aliphatic heterocycles. The third-order valence-electron chi connectivity index (χ3n) is 5.57. The van der Waals surface area contributed by atoms with Crippen LogP contribution in [-0.4, -0.2) is 31.6 Å². The van der Waals surface area contributed by atoms with Crippen LogP contribution >= 0.6 is 0 Å². The van der Waals surface area contributed by atoms with Gasteiger partial charge in [-0.3, -0.25) is 0 Å². The number of amides is 2. The monoisotopic (exact) mass is 429 g/mol. The van der Waals surface area contributed by atoms with E-state index in [1.165, 1.54) is 16.1 Å². The Kier molecular flexibility index (Phi) is 6.24. The molecule has 0 saturated carbocycles. The van der Waals surface area contributed by atoms with Crippen molar-refractivity contribution in [3.05, 3.63) is 64.7 Å². The molecule has 30 heavy (non-hydrogen) atoms. The highest BCUT2D eigenvalue weighted by atomic mass is 32.2. The number of sulfonamides is 1. The lowest BCUT2D eigenvalue weighted by Gasteiger charge is -2.28. The lowest BCUT2D eigenvalue weighted by Crippen LogP contribution is -2.36. The molecule has 0 fully saturated rings. The molecule has 0 saturated heterocycles. The van der Waals surface area contributed by atoms with E-state index in [1.807, 2.05) is 25.1 Å².